The smallest absolute Gasteiger partial charge is 0.234 e. The van der Waals surface area contributed by atoms with E-state index in [9.17, 15) is 4.79 Å². The van der Waals surface area contributed by atoms with Gasteiger partial charge in [0.1, 0.15) is 11.4 Å². The van der Waals surface area contributed by atoms with Crippen LogP contribution in [0.5, 0.6) is 5.75 Å². The number of benzene rings is 2. The van der Waals surface area contributed by atoms with Crippen molar-refractivity contribution in [1.82, 2.24) is 20.2 Å². The third-order valence-corrected chi connectivity index (χ3v) is 4.94. The van der Waals surface area contributed by atoms with Crippen molar-refractivity contribution in [1.29, 1.82) is 0 Å². The molecule has 3 aromatic rings. The largest absolute Gasteiger partial charge is 0.492 e. The highest BCUT2D eigenvalue weighted by Crippen LogP contribution is 2.27. The van der Waals surface area contributed by atoms with E-state index in [1.807, 2.05) is 55.5 Å². The zero-order valence-corrected chi connectivity index (χ0v) is 16.9. The molecule has 1 N–H and O–H groups in total. The van der Waals surface area contributed by atoms with Gasteiger partial charge in [-0.1, -0.05) is 55.9 Å². The molecule has 0 saturated carbocycles. The molecule has 28 heavy (non-hydrogen) atoms. The summed E-state index contributed by atoms with van der Waals surface area (Å²) < 4.78 is 7.24. The third-order valence-electron chi connectivity index (χ3n) is 4.02. The molecule has 3 rings (SSSR count). The van der Waals surface area contributed by atoms with Crippen molar-refractivity contribution in [3.05, 3.63) is 54.1 Å². The van der Waals surface area contributed by atoms with Crippen LogP contribution in [0, 0.1) is 0 Å². The number of anilines is 1. The number of hydrogen-bond donors (Lipinski definition) is 1. The monoisotopic (exact) mass is 397 g/mol. The first-order valence-electron chi connectivity index (χ1n) is 9.12. The van der Waals surface area contributed by atoms with Crippen molar-refractivity contribution in [2.24, 2.45) is 0 Å². The number of carbonyl (C=O) groups excluding carboxylic acids is 1. The Bertz CT molecular complexity index is 942. The summed E-state index contributed by atoms with van der Waals surface area (Å²) >= 11 is 1.28. The first-order chi connectivity index (χ1) is 13.6. The highest BCUT2D eigenvalue weighted by Gasteiger charge is 2.15. The van der Waals surface area contributed by atoms with Crippen LogP contribution in [0.4, 0.5) is 5.69 Å². The maximum Gasteiger partial charge on any atom is 0.234 e. The number of aromatic nitrogens is 4. The first-order valence-corrected chi connectivity index (χ1v) is 10.1. The van der Waals surface area contributed by atoms with Gasteiger partial charge in [-0.3, -0.25) is 4.79 Å². The predicted octanol–water partition coefficient (Wildman–Crippen LogP) is 3.92. The van der Waals surface area contributed by atoms with Crippen molar-refractivity contribution < 1.29 is 9.53 Å². The summed E-state index contributed by atoms with van der Waals surface area (Å²) in [5.41, 5.74) is 2.68. The van der Waals surface area contributed by atoms with Crippen LogP contribution in [0.1, 0.15) is 32.3 Å². The molecule has 0 bridgehead atoms. The van der Waals surface area contributed by atoms with Gasteiger partial charge in [0.2, 0.25) is 11.1 Å². The van der Waals surface area contributed by atoms with Crippen LogP contribution in [-0.2, 0) is 4.79 Å². The lowest BCUT2D eigenvalue weighted by atomic mass is 10.0. The summed E-state index contributed by atoms with van der Waals surface area (Å²) in [5, 5.41) is 15.4. The van der Waals surface area contributed by atoms with Gasteiger partial charge in [-0.2, -0.15) is 4.68 Å². The third kappa shape index (κ3) is 4.69. The minimum Gasteiger partial charge on any atom is -0.492 e. The quantitative estimate of drug-likeness (QED) is 0.580. The van der Waals surface area contributed by atoms with Crippen LogP contribution >= 0.6 is 11.8 Å². The average molecular weight is 398 g/mol. The molecule has 0 aliphatic heterocycles. The molecule has 0 aliphatic carbocycles. The Morgan fingerprint density at radius 3 is 2.71 bits per heavy atom. The highest BCUT2D eigenvalue weighted by molar-refractivity contribution is 7.99. The van der Waals surface area contributed by atoms with Gasteiger partial charge in [-0.25, -0.2) is 0 Å². The van der Waals surface area contributed by atoms with E-state index in [0.29, 0.717) is 23.4 Å². The Morgan fingerprint density at radius 2 is 1.93 bits per heavy atom. The van der Waals surface area contributed by atoms with Crippen LogP contribution in [0.2, 0.25) is 0 Å². The van der Waals surface area contributed by atoms with Gasteiger partial charge in [0, 0.05) is 5.69 Å². The standard InChI is InChI=1S/C20H23N5O2S/c1-4-27-18-12-8-7-11-17(18)25-20(22-23-24-25)28-13-19(26)21-16-10-6-5-9-15(16)14(2)3/h5-12,14H,4,13H2,1-3H3,(H,21,26). The average Bonchev–Trinajstić information content (AvgIpc) is 3.16. The maximum atomic E-state index is 12.5. The number of ether oxygens (including phenoxy) is 1. The molecule has 2 aromatic carbocycles. The van der Waals surface area contributed by atoms with Gasteiger partial charge < -0.3 is 10.1 Å². The summed E-state index contributed by atoms with van der Waals surface area (Å²) in [7, 11) is 0. The number of hydrogen-bond acceptors (Lipinski definition) is 6. The molecule has 0 atom stereocenters. The van der Waals surface area contributed by atoms with Gasteiger partial charge >= 0.3 is 0 Å². The van der Waals surface area contributed by atoms with Crippen LogP contribution in [0.3, 0.4) is 0 Å². The number of carbonyl (C=O) groups is 1. The van der Waals surface area contributed by atoms with Crippen LogP contribution in [-0.4, -0.2) is 38.5 Å². The Labute approximate surface area is 168 Å². The molecule has 0 fully saturated rings. The Balaban J connectivity index is 1.70. The molecule has 146 valence electrons. The number of thioether (sulfide) groups is 1. The van der Waals surface area contributed by atoms with Crippen LogP contribution in [0.15, 0.2) is 53.7 Å². The number of nitrogens with zero attached hydrogens (tertiary/aromatic N) is 4. The number of para-hydroxylation sites is 3. The maximum absolute atomic E-state index is 12.5. The fourth-order valence-corrected chi connectivity index (χ4v) is 3.44. The normalized spacial score (nSPS) is 10.9. The van der Waals surface area contributed by atoms with Crippen molar-refractivity contribution in [3.63, 3.8) is 0 Å². The molecule has 7 nitrogen and oxygen atoms in total. The molecule has 0 radical (unpaired) electrons. The fourth-order valence-electron chi connectivity index (χ4n) is 2.76. The van der Waals surface area contributed by atoms with Gasteiger partial charge in [-0.15, -0.1) is 5.10 Å². The minimum atomic E-state index is -0.106. The van der Waals surface area contributed by atoms with E-state index >= 15 is 0 Å². The summed E-state index contributed by atoms with van der Waals surface area (Å²) in [6, 6.07) is 15.4. The molecule has 0 saturated heterocycles. The van der Waals surface area contributed by atoms with Crippen LogP contribution in [0.25, 0.3) is 5.69 Å². The highest BCUT2D eigenvalue weighted by atomic mass is 32.2. The van der Waals surface area contributed by atoms with Crippen molar-refractivity contribution in [2.75, 3.05) is 17.7 Å². The molecule has 0 unspecified atom stereocenters. The zero-order valence-electron chi connectivity index (χ0n) is 16.1. The van der Waals surface area contributed by atoms with E-state index in [0.717, 1.165) is 16.9 Å². The minimum absolute atomic E-state index is 0.106. The Morgan fingerprint density at radius 1 is 1.18 bits per heavy atom. The SMILES string of the molecule is CCOc1ccccc1-n1nnnc1SCC(=O)Nc1ccccc1C(C)C. The molecule has 0 spiro atoms. The van der Waals surface area contributed by atoms with Crippen LogP contribution < -0.4 is 10.1 Å². The van der Waals surface area contributed by atoms with Crippen molar-refractivity contribution >= 4 is 23.4 Å². The Kier molecular flexibility index (Phi) is 6.65. The molecular weight excluding hydrogens is 374 g/mol. The summed E-state index contributed by atoms with van der Waals surface area (Å²) in [6.07, 6.45) is 0. The molecular formula is C20H23N5O2S. The number of tetrazole rings is 1. The number of amides is 1. The second-order valence-electron chi connectivity index (χ2n) is 6.35. The van der Waals surface area contributed by atoms with E-state index < -0.39 is 0 Å². The second kappa shape index (κ2) is 9.36. The van der Waals surface area contributed by atoms with E-state index in [1.165, 1.54) is 11.8 Å². The number of rotatable bonds is 8. The topological polar surface area (TPSA) is 81.9 Å². The molecule has 1 amide bonds. The number of nitrogens with one attached hydrogen (secondary N) is 1. The molecule has 8 heteroatoms. The van der Waals surface area contributed by atoms with E-state index in [4.69, 9.17) is 4.74 Å². The van der Waals surface area contributed by atoms with Crippen molar-refractivity contribution in [2.45, 2.75) is 31.8 Å². The predicted molar refractivity (Wildman–Crippen MR) is 110 cm³/mol. The second-order valence-corrected chi connectivity index (χ2v) is 7.30. The first kappa shape index (κ1) is 19.9. The zero-order chi connectivity index (χ0) is 19.9. The molecule has 0 aliphatic rings. The lowest BCUT2D eigenvalue weighted by molar-refractivity contribution is -0.113. The van der Waals surface area contributed by atoms with Crippen molar-refractivity contribution in [3.8, 4) is 11.4 Å². The van der Waals surface area contributed by atoms with Gasteiger partial charge in [0.05, 0.1) is 12.4 Å². The van der Waals surface area contributed by atoms with Gasteiger partial charge in [0.25, 0.3) is 0 Å². The molecule has 1 heterocycles. The summed E-state index contributed by atoms with van der Waals surface area (Å²) in [5.74, 6) is 1.11. The van der Waals surface area contributed by atoms with E-state index in [-0.39, 0.29) is 11.7 Å². The van der Waals surface area contributed by atoms with E-state index in [2.05, 4.69) is 34.7 Å². The van der Waals surface area contributed by atoms with Gasteiger partial charge in [-0.05, 0) is 47.0 Å². The lowest BCUT2D eigenvalue weighted by Gasteiger charge is -2.13. The summed E-state index contributed by atoms with van der Waals surface area (Å²) in [4.78, 5) is 12.5. The van der Waals surface area contributed by atoms with E-state index in [1.54, 1.807) is 4.68 Å². The molecule has 1 aromatic heterocycles. The Hall–Kier alpha value is -2.87. The fraction of sp³-hybridized carbons (Fsp3) is 0.300. The van der Waals surface area contributed by atoms with Gasteiger partial charge in [0.15, 0.2) is 0 Å². The summed E-state index contributed by atoms with van der Waals surface area (Å²) in [6.45, 7) is 6.66. The lowest BCUT2D eigenvalue weighted by Crippen LogP contribution is -2.16.